The van der Waals surface area contributed by atoms with Gasteiger partial charge in [-0.1, -0.05) is 23.7 Å². The Balaban J connectivity index is 1.52. The third kappa shape index (κ3) is 2.22. The minimum Gasteiger partial charge on any atom is -0.451 e. The molecule has 144 valence electrons. The predicted octanol–water partition coefficient (Wildman–Crippen LogP) is 4.65. The molecular formula is C23H29NO3. The van der Waals surface area contributed by atoms with Crippen molar-refractivity contribution in [2.45, 2.75) is 57.5 Å². The second-order valence-electron chi connectivity index (χ2n) is 9.55. The third-order valence-corrected chi connectivity index (χ3v) is 8.79. The summed E-state index contributed by atoms with van der Waals surface area (Å²) in [5.41, 5.74) is 1.94. The molecule has 7 atom stereocenters. The topological polar surface area (TPSA) is 58.9 Å². The summed E-state index contributed by atoms with van der Waals surface area (Å²) in [4.78, 5) is 11.9. The maximum atomic E-state index is 11.9. The zero-order chi connectivity index (χ0) is 18.8. The maximum absolute atomic E-state index is 11.9. The molecule has 3 saturated carbocycles. The quantitative estimate of drug-likeness (QED) is 0.317. The largest absolute Gasteiger partial charge is 0.451 e. The molecule has 4 heteroatoms. The van der Waals surface area contributed by atoms with Crippen molar-refractivity contribution in [2.24, 2.45) is 40.2 Å². The van der Waals surface area contributed by atoms with Crippen molar-refractivity contribution < 1.29 is 14.7 Å². The van der Waals surface area contributed by atoms with Gasteiger partial charge in [-0.15, -0.1) is 6.58 Å². The summed E-state index contributed by atoms with van der Waals surface area (Å²) in [7, 11) is 0. The van der Waals surface area contributed by atoms with Gasteiger partial charge in [0.2, 0.25) is 0 Å². The molecule has 4 nitrogen and oxygen atoms in total. The van der Waals surface area contributed by atoms with Crippen LogP contribution in [0.25, 0.3) is 0 Å². The Labute approximate surface area is 161 Å². The van der Waals surface area contributed by atoms with Crippen LogP contribution in [-0.2, 0) is 9.53 Å². The molecule has 0 radical (unpaired) electrons. The molecule has 0 aromatic heterocycles. The lowest BCUT2D eigenvalue weighted by Crippen LogP contribution is -2.54. The van der Waals surface area contributed by atoms with Gasteiger partial charge in [0.1, 0.15) is 5.60 Å². The van der Waals surface area contributed by atoms with Crippen LogP contribution in [0.4, 0.5) is 0 Å². The molecule has 0 saturated heterocycles. The molecule has 5 rings (SSSR count). The molecule has 27 heavy (non-hydrogen) atoms. The van der Waals surface area contributed by atoms with E-state index in [0.29, 0.717) is 29.6 Å². The number of fused-ring (bicyclic) bond motifs is 6. The van der Waals surface area contributed by atoms with E-state index in [2.05, 4.69) is 36.9 Å². The minimum absolute atomic E-state index is 0.0334. The SMILES string of the molecule is C=CC1CC2=CC(=NO)CC[C@@H]2C2CC[C@@]3(C)C(CC[C@@]34C=CC(=O)O4)C12. The first kappa shape index (κ1) is 17.3. The molecule has 5 aliphatic rings. The summed E-state index contributed by atoms with van der Waals surface area (Å²) >= 11 is 0. The highest BCUT2D eigenvalue weighted by atomic mass is 16.6. The van der Waals surface area contributed by atoms with Crippen molar-refractivity contribution in [3.63, 3.8) is 0 Å². The number of carbonyl (C=O) groups is 1. The highest BCUT2D eigenvalue weighted by Crippen LogP contribution is 2.67. The highest BCUT2D eigenvalue weighted by molar-refractivity contribution is 5.96. The third-order valence-electron chi connectivity index (χ3n) is 8.79. The van der Waals surface area contributed by atoms with Crippen molar-refractivity contribution in [3.05, 3.63) is 36.5 Å². The summed E-state index contributed by atoms with van der Waals surface area (Å²) < 4.78 is 5.94. The number of rotatable bonds is 1. The van der Waals surface area contributed by atoms with Gasteiger partial charge in [-0.3, -0.25) is 0 Å². The highest BCUT2D eigenvalue weighted by Gasteiger charge is 2.65. The molecule has 1 N–H and O–H groups in total. The van der Waals surface area contributed by atoms with Gasteiger partial charge in [0, 0.05) is 11.5 Å². The fourth-order valence-electron chi connectivity index (χ4n) is 7.55. The van der Waals surface area contributed by atoms with Crippen LogP contribution < -0.4 is 0 Å². The number of hydrogen-bond donors (Lipinski definition) is 1. The number of esters is 1. The van der Waals surface area contributed by atoms with Crippen LogP contribution in [0.15, 0.2) is 41.6 Å². The van der Waals surface area contributed by atoms with E-state index < -0.39 is 0 Å². The van der Waals surface area contributed by atoms with E-state index in [1.54, 1.807) is 6.08 Å². The molecule has 1 aliphatic heterocycles. The number of carbonyl (C=O) groups excluding carboxylic acids is 1. The number of allylic oxidation sites excluding steroid dienone is 3. The summed E-state index contributed by atoms with van der Waals surface area (Å²) in [6.07, 6.45) is 15.4. The van der Waals surface area contributed by atoms with Gasteiger partial charge in [-0.25, -0.2) is 4.79 Å². The first-order chi connectivity index (χ1) is 13.0. The van der Waals surface area contributed by atoms with Gasteiger partial charge in [0.25, 0.3) is 0 Å². The molecule has 1 spiro atoms. The second kappa shape index (κ2) is 5.83. The van der Waals surface area contributed by atoms with E-state index in [0.717, 1.165) is 44.2 Å². The minimum atomic E-state index is -0.384. The van der Waals surface area contributed by atoms with Crippen LogP contribution in [0.3, 0.4) is 0 Å². The van der Waals surface area contributed by atoms with Crippen molar-refractivity contribution in [1.29, 1.82) is 0 Å². The Bertz CT molecular complexity index is 780. The van der Waals surface area contributed by atoms with Gasteiger partial charge in [-0.05, 0) is 86.7 Å². The predicted molar refractivity (Wildman–Crippen MR) is 103 cm³/mol. The van der Waals surface area contributed by atoms with Crippen molar-refractivity contribution >= 4 is 11.7 Å². The lowest BCUT2D eigenvalue weighted by Gasteiger charge is -2.57. The van der Waals surface area contributed by atoms with Crippen LogP contribution in [-0.4, -0.2) is 22.5 Å². The monoisotopic (exact) mass is 367 g/mol. The molecule has 0 bridgehead atoms. The van der Waals surface area contributed by atoms with Gasteiger partial charge in [0.15, 0.2) is 0 Å². The average Bonchev–Trinajstić information content (AvgIpc) is 3.21. The van der Waals surface area contributed by atoms with Crippen LogP contribution in [0, 0.1) is 35.0 Å². The normalized spacial score (nSPS) is 49.4. The fraction of sp³-hybridized carbons (Fsp3) is 0.652. The van der Waals surface area contributed by atoms with E-state index in [1.165, 1.54) is 12.0 Å². The lowest BCUT2D eigenvalue weighted by molar-refractivity contribution is -0.162. The maximum Gasteiger partial charge on any atom is 0.331 e. The molecule has 4 unspecified atom stereocenters. The number of hydrogen-bond acceptors (Lipinski definition) is 4. The van der Waals surface area contributed by atoms with E-state index in [1.807, 2.05) is 0 Å². The van der Waals surface area contributed by atoms with Gasteiger partial charge >= 0.3 is 5.97 Å². The average molecular weight is 367 g/mol. The number of oxime groups is 1. The molecular weight excluding hydrogens is 338 g/mol. The van der Waals surface area contributed by atoms with Crippen molar-refractivity contribution in [1.82, 2.24) is 0 Å². The Morgan fingerprint density at radius 3 is 2.89 bits per heavy atom. The zero-order valence-electron chi connectivity index (χ0n) is 16.1. The summed E-state index contributed by atoms with van der Waals surface area (Å²) in [5, 5.41) is 12.7. The molecule has 0 aromatic rings. The first-order valence-electron chi connectivity index (χ1n) is 10.5. The molecule has 0 aromatic carbocycles. The Morgan fingerprint density at radius 2 is 2.19 bits per heavy atom. The zero-order valence-corrected chi connectivity index (χ0v) is 16.1. The van der Waals surface area contributed by atoms with Crippen LogP contribution in [0.1, 0.15) is 51.9 Å². The molecule has 0 amide bonds. The number of ether oxygens (including phenoxy) is 1. The van der Waals surface area contributed by atoms with Crippen LogP contribution in [0.2, 0.25) is 0 Å². The summed E-state index contributed by atoms with van der Waals surface area (Å²) in [6, 6.07) is 0. The molecule has 4 aliphatic carbocycles. The van der Waals surface area contributed by atoms with Gasteiger partial charge in [-0.2, -0.15) is 0 Å². The Kier molecular flexibility index (Phi) is 3.73. The van der Waals surface area contributed by atoms with E-state index >= 15 is 0 Å². The van der Waals surface area contributed by atoms with Crippen LogP contribution >= 0.6 is 0 Å². The van der Waals surface area contributed by atoms with E-state index in [9.17, 15) is 10.0 Å². The van der Waals surface area contributed by atoms with E-state index in [-0.39, 0.29) is 17.0 Å². The van der Waals surface area contributed by atoms with Gasteiger partial charge < -0.3 is 9.94 Å². The lowest BCUT2D eigenvalue weighted by atomic mass is 9.48. The second-order valence-corrected chi connectivity index (χ2v) is 9.55. The Hall–Kier alpha value is -1.84. The standard InChI is InChI=1S/C23H29NO3/c1-3-14-12-15-13-16(24-26)4-5-17(15)18-6-9-22(2)19(21(14)18)7-10-23(22)11-8-20(25)27-23/h3,8,11,13-14,17-19,21,26H,1,4-7,9-10,12H2,2H3/t14?,17-,18?,19?,21?,22-,23+/m0/s1. The van der Waals surface area contributed by atoms with E-state index in [4.69, 9.17) is 4.74 Å². The first-order valence-corrected chi connectivity index (χ1v) is 10.5. The fourth-order valence-corrected chi connectivity index (χ4v) is 7.55. The van der Waals surface area contributed by atoms with Crippen molar-refractivity contribution in [2.75, 3.05) is 0 Å². The summed E-state index contributed by atoms with van der Waals surface area (Å²) in [5.74, 6) is 2.75. The number of nitrogens with zero attached hydrogens (tertiary/aromatic N) is 1. The smallest absolute Gasteiger partial charge is 0.331 e. The molecule has 1 heterocycles. The Morgan fingerprint density at radius 1 is 1.33 bits per heavy atom. The summed E-state index contributed by atoms with van der Waals surface area (Å²) in [6.45, 7) is 6.55. The van der Waals surface area contributed by atoms with Crippen molar-refractivity contribution in [3.8, 4) is 0 Å². The molecule has 3 fully saturated rings. The van der Waals surface area contributed by atoms with Crippen LogP contribution in [0.5, 0.6) is 0 Å². The van der Waals surface area contributed by atoms with Gasteiger partial charge in [0.05, 0.1) is 5.71 Å².